The second-order valence-electron chi connectivity index (χ2n) is 6.36. The Labute approximate surface area is 164 Å². The molecule has 28 heavy (non-hydrogen) atoms. The Morgan fingerprint density at radius 3 is 2.32 bits per heavy atom. The number of aromatic amines is 1. The number of nitrogens with two attached hydrogens (primary N) is 1. The maximum absolute atomic E-state index is 7.66. The maximum atomic E-state index is 7.66. The van der Waals surface area contributed by atoms with Crippen molar-refractivity contribution in [1.29, 1.82) is 5.41 Å². The number of hydrogen-bond acceptors (Lipinski definition) is 2. The normalized spacial score (nSPS) is 11.4. The molecule has 5 nitrogen and oxygen atoms in total. The minimum Gasteiger partial charge on any atom is -0.368 e. The standard InChI is InChI=1S/C21H19N5.C2H6/c1-12-6-5-7-13(2)17(12)18-15-10-11-24-19(15)20(26-21(22)23)14-8-3-4-9-16(14)25-18;1-2/h3-11,24H,1-2H3,(H3,22,23);1-2H3/b26-20-;. The molecule has 0 unspecified atom stereocenters. The first kappa shape index (κ1) is 19.3. The van der Waals surface area contributed by atoms with E-state index in [1.54, 1.807) is 0 Å². The Hall–Kier alpha value is -3.47. The molecule has 4 aromatic rings. The van der Waals surface area contributed by atoms with Crippen molar-refractivity contribution in [2.24, 2.45) is 10.7 Å². The molecule has 0 amide bonds. The van der Waals surface area contributed by atoms with Gasteiger partial charge in [0.25, 0.3) is 0 Å². The van der Waals surface area contributed by atoms with Crippen molar-refractivity contribution in [3.05, 3.63) is 71.2 Å². The molecule has 0 radical (unpaired) electrons. The maximum Gasteiger partial charge on any atom is 0.213 e. The van der Waals surface area contributed by atoms with E-state index in [1.165, 1.54) is 11.1 Å². The summed E-state index contributed by atoms with van der Waals surface area (Å²) in [7, 11) is 0. The topological polar surface area (TPSA) is 90.9 Å². The Bertz CT molecular complexity index is 1210. The molecule has 2 aromatic carbocycles. The molecule has 0 atom stereocenters. The summed E-state index contributed by atoms with van der Waals surface area (Å²) in [4.78, 5) is 12.6. The number of aryl methyl sites for hydroxylation is 2. The van der Waals surface area contributed by atoms with Crippen LogP contribution in [0.2, 0.25) is 0 Å². The van der Waals surface area contributed by atoms with Gasteiger partial charge in [0.05, 0.1) is 16.7 Å². The first-order valence-corrected chi connectivity index (χ1v) is 9.42. The number of guanidine groups is 1. The van der Waals surface area contributed by atoms with Crippen molar-refractivity contribution in [2.75, 3.05) is 0 Å². The van der Waals surface area contributed by atoms with Crippen LogP contribution in [0.1, 0.15) is 25.0 Å². The van der Waals surface area contributed by atoms with E-state index in [2.05, 4.69) is 42.0 Å². The van der Waals surface area contributed by atoms with Crippen LogP contribution in [0.5, 0.6) is 0 Å². The summed E-state index contributed by atoms with van der Waals surface area (Å²) in [5.74, 6) is -0.231. The SMILES string of the molecule is CC.Cc1cccc(C)c1-c1nc2ccccc2/c(=N/C(=N)N)c2[nH]ccc12. The van der Waals surface area contributed by atoms with Gasteiger partial charge in [-0.25, -0.2) is 9.98 Å². The van der Waals surface area contributed by atoms with Gasteiger partial charge in [-0.3, -0.25) is 5.41 Å². The fraction of sp³-hybridized carbons (Fsp3) is 0.174. The molecule has 4 N–H and O–H groups in total. The predicted octanol–water partition coefficient (Wildman–Crippen LogP) is 4.82. The fourth-order valence-corrected chi connectivity index (χ4v) is 3.46. The molecular weight excluding hydrogens is 346 g/mol. The Kier molecular flexibility index (Phi) is 5.54. The largest absolute Gasteiger partial charge is 0.368 e. The minimum absolute atomic E-state index is 0.231. The van der Waals surface area contributed by atoms with Crippen LogP contribution in [0.3, 0.4) is 0 Å². The number of rotatable bonds is 1. The number of H-pyrrole nitrogens is 1. The number of benzene rings is 2. The fourth-order valence-electron chi connectivity index (χ4n) is 3.46. The summed E-state index contributed by atoms with van der Waals surface area (Å²) in [6.07, 6.45) is 1.87. The highest BCUT2D eigenvalue weighted by molar-refractivity contribution is 5.99. The number of nitrogens with zero attached hydrogens (tertiary/aromatic N) is 2. The molecule has 0 aliphatic carbocycles. The zero-order valence-corrected chi connectivity index (χ0v) is 16.7. The van der Waals surface area contributed by atoms with Crippen LogP contribution in [0.4, 0.5) is 0 Å². The number of nitrogens with one attached hydrogen (secondary N) is 2. The first-order valence-electron chi connectivity index (χ1n) is 9.42. The van der Waals surface area contributed by atoms with Crippen LogP contribution in [0.15, 0.2) is 59.7 Å². The van der Waals surface area contributed by atoms with E-state index in [4.69, 9.17) is 16.1 Å². The molecule has 0 aliphatic heterocycles. The zero-order valence-electron chi connectivity index (χ0n) is 16.7. The molecule has 4 rings (SSSR count). The number of fused-ring (bicyclic) bond motifs is 2. The molecule has 2 heterocycles. The van der Waals surface area contributed by atoms with Crippen molar-refractivity contribution in [2.45, 2.75) is 27.7 Å². The van der Waals surface area contributed by atoms with Crippen LogP contribution in [-0.2, 0) is 0 Å². The van der Waals surface area contributed by atoms with Crippen molar-refractivity contribution < 1.29 is 0 Å². The quantitative estimate of drug-likeness (QED) is 0.331. The summed E-state index contributed by atoms with van der Waals surface area (Å²) in [6, 6.07) is 16.1. The second-order valence-corrected chi connectivity index (χ2v) is 6.36. The van der Waals surface area contributed by atoms with Gasteiger partial charge in [0.1, 0.15) is 5.36 Å². The molecule has 142 valence electrons. The highest BCUT2D eigenvalue weighted by Gasteiger charge is 2.14. The van der Waals surface area contributed by atoms with Crippen LogP contribution in [0.25, 0.3) is 33.1 Å². The predicted molar refractivity (Wildman–Crippen MR) is 117 cm³/mol. The molecule has 0 spiro atoms. The molecule has 5 heteroatoms. The molecule has 0 bridgehead atoms. The number of aromatic nitrogens is 2. The van der Waals surface area contributed by atoms with Crippen molar-refractivity contribution in [3.8, 4) is 11.3 Å². The van der Waals surface area contributed by atoms with E-state index in [1.807, 2.05) is 50.4 Å². The van der Waals surface area contributed by atoms with E-state index in [0.29, 0.717) is 5.36 Å². The van der Waals surface area contributed by atoms with Gasteiger partial charge >= 0.3 is 0 Å². The van der Waals surface area contributed by atoms with Crippen LogP contribution in [0, 0.1) is 19.3 Å². The lowest BCUT2D eigenvalue weighted by Gasteiger charge is -2.08. The van der Waals surface area contributed by atoms with Crippen molar-refractivity contribution in [1.82, 2.24) is 9.97 Å². The van der Waals surface area contributed by atoms with Crippen LogP contribution >= 0.6 is 0 Å². The van der Waals surface area contributed by atoms with E-state index in [9.17, 15) is 0 Å². The zero-order chi connectivity index (χ0) is 20.3. The third-order valence-corrected chi connectivity index (χ3v) is 4.58. The van der Waals surface area contributed by atoms with Gasteiger partial charge in [-0.2, -0.15) is 0 Å². The van der Waals surface area contributed by atoms with Gasteiger partial charge < -0.3 is 10.7 Å². The molecule has 0 saturated carbocycles. The van der Waals surface area contributed by atoms with Gasteiger partial charge in [-0.1, -0.05) is 50.2 Å². The van der Waals surface area contributed by atoms with Crippen molar-refractivity contribution in [3.63, 3.8) is 0 Å². The highest BCUT2D eigenvalue weighted by atomic mass is 15.0. The lowest BCUT2D eigenvalue weighted by molar-refractivity contribution is 1.31. The molecular formula is C23H25N5. The smallest absolute Gasteiger partial charge is 0.213 e. The molecule has 0 aliphatic rings. The van der Waals surface area contributed by atoms with Gasteiger partial charge in [0.2, 0.25) is 5.96 Å². The summed E-state index contributed by atoms with van der Waals surface area (Å²) in [6.45, 7) is 8.19. The summed E-state index contributed by atoms with van der Waals surface area (Å²) < 4.78 is 0. The summed E-state index contributed by atoms with van der Waals surface area (Å²) >= 11 is 0. The average Bonchev–Trinajstić information content (AvgIpc) is 3.12. The molecule has 2 aromatic heterocycles. The number of hydrogen-bond donors (Lipinski definition) is 3. The third kappa shape index (κ3) is 3.39. The van der Waals surface area contributed by atoms with Gasteiger partial charge in [0, 0.05) is 22.5 Å². The Balaban J connectivity index is 0.00000109. The van der Waals surface area contributed by atoms with E-state index < -0.39 is 0 Å². The molecule has 0 fully saturated rings. The molecule has 0 saturated heterocycles. The lowest BCUT2D eigenvalue weighted by Crippen LogP contribution is -2.13. The van der Waals surface area contributed by atoms with E-state index in [-0.39, 0.29) is 5.96 Å². The highest BCUT2D eigenvalue weighted by Crippen LogP contribution is 2.31. The van der Waals surface area contributed by atoms with Gasteiger partial charge in [0.15, 0.2) is 0 Å². The first-order chi connectivity index (χ1) is 13.6. The summed E-state index contributed by atoms with van der Waals surface area (Å²) in [5, 5.41) is 10.1. The lowest BCUT2D eigenvalue weighted by atomic mass is 9.98. The third-order valence-electron chi connectivity index (χ3n) is 4.58. The van der Waals surface area contributed by atoms with Gasteiger partial charge in [-0.15, -0.1) is 0 Å². The van der Waals surface area contributed by atoms with Crippen LogP contribution in [-0.4, -0.2) is 15.9 Å². The summed E-state index contributed by atoms with van der Waals surface area (Å²) in [5.41, 5.74) is 11.6. The average molecular weight is 371 g/mol. The van der Waals surface area contributed by atoms with Crippen LogP contribution < -0.4 is 11.1 Å². The van der Waals surface area contributed by atoms with Crippen molar-refractivity contribution >= 4 is 27.8 Å². The monoisotopic (exact) mass is 371 g/mol. The minimum atomic E-state index is -0.231. The number of para-hydroxylation sites is 1. The van der Waals surface area contributed by atoms with Gasteiger partial charge in [-0.05, 0) is 37.1 Å². The second kappa shape index (κ2) is 8.05. The van der Waals surface area contributed by atoms with E-state index in [0.717, 1.165) is 33.1 Å². The van der Waals surface area contributed by atoms with E-state index >= 15 is 0 Å². The Morgan fingerprint density at radius 2 is 1.64 bits per heavy atom. The Morgan fingerprint density at radius 1 is 0.964 bits per heavy atom.